The Morgan fingerprint density at radius 1 is 1.43 bits per heavy atom. The minimum Gasteiger partial charge on any atom is -0.354 e. The second kappa shape index (κ2) is 3.02. The topological polar surface area (TPSA) is 96.5 Å². The number of carbonyl (C=O) groups is 1. The molecule has 0 aliphatic heterocycles. The monoisotopic (exact) mass is 192 g/mol. The SMILES string of the molecule is CNC(=O)c1nnnc2nc(C)[nH]c12. The van der Waals surface area contributed by atoms with E-state index >= 15 is 0 Å². The molecule has 0 unspecified atom stereocenters. The molecule has 2 rings (SSSR count). The molecule has 0 aliphatic carbocycles. The minimum absolute atomic E-state index is 0.207. The lowest BCUT2D eigenvalue weighted by molar-refractivity contribution is 0.0958. The van der Waals surface area contributed by atoms with Crippen LogP contribution in [0.1, 0.15) is 16.3 Å². The van der Waals surface area contributed by atoms with Gasteiger partial charge in [0.25, 0.3) is 5.91 Å². The van der Waals surface area contributed by atoms with Crippen LogP contribution in [0.2, 0.25) is 0 Å². The fourth-order valence-corrected chi connectivity index (χ4v) is 1.15. The molecule has 2 N–H and O–H groups in total. The number of aryl methyl sites for hydroxylation is 1. The molecular formula is C7H8N6O. The van der Waals surface area contributed by atoms with E-state index in [9.17, 15) is 4.79 Å². The summed E-state index contributed by atoms with van der Waals surface area (Å²) < 4.78 is 0. The summed E-state index contributed by atoms with van der Waals surface area (Å²) in [5, 5.41) is 13.3. The number of rotatable bonds is 1. The van der Waals surface area contributed by atoms with Crippen LogP contribution in [0.25, 0.3) is 11.2 Å². The summed E-state index contributed by atoms with van der Waals surface area (Å²) in [5.41, 5.74) is 1.12. The number of aromatic nitrogens is 5. The highest BCUT2D eigenvalue weighted by Gasteiger charge is 2.14. The zero-order valence-electron chi connectivity index (χ0n) is 7.70. The number of imidazole rings is 1. The van der Waals surface area contributed by atoms with Crippen LogP contribution in [0.15, 0.2) is 0 Å². The maximum atomic E-state index is 11.3. The summed E-state index contributed by atoms with van der Waals surface area (Å²) in [5.74, 6) is 0.362. The normalized spacial score (nSPS) is 10.4. The third-order valence-electron chi connectivity index (χ3n) is 1.77. The molecule has 0 spiro atoms. The number of hydrogen-bond acceptors (Lipinski definition) is 5. The molecule has 0 saturated carbocycles. The standard InChI is InChI=1S/C7H8N6O/c1-3-9-4-5(7(14)8-2)11-13-12-6(4)10-3/h1-2H3,(H,8,14)(H,9,10,11,12). The lowest BCUT2D eigenvalue weighted by Crippen LogP contribution is -2.20. The number of hydrogen-bond donors (Lipinski definition) is 2. The molecule has 2 aromatic rings. The fourth-order valence-electron chi connectivity index (χ4n) is 1.15. The summed E-state index contributed by atoms with van der Waals surface area (Å²) in [4.78, 5) is 18.3. The highest BCUT2D eigenvalue weighted by atomic mass is 16.1. The highest BCUT2D eigenvalue weighted by molar-refractivity contribution is 6.01. The predicted molar refractivity (Wildman–Crippen MR) is 47.6 cm³/mol. The van der Waals surface area contributed by atoms with Gasteiger partial charge in [-0.3, -0.25) is 4.79 Å². The molecule has 2 aromatic heterocycles. The van der Waals surface area contributed by atoms with Crippen molar-refractivity contribution in [1.29, 1.82) is 0 Å². The van der Waals surface area contributed by atoms with Crippen LogP contribution >= 0.6 is 0 Å². The third-order valence-corrected chi connectivity index (χ3v) is 1.77. The number of nitrogens with zero attached hydrogens (tertiary/aromatic N) is 4. The lowest BCUT2D eigenvalue weighted by atomic mass is 10.3. The Bertz CT molecular complexity index is 490. The van der Waals surface area contributed by atoms with Crippen molar-refractivity contribution in [2.45, 2.75) is 6.92 Å². The van der Waals surface area contributed by atoms with Gasteiger partial charge >= 0.3 is 0 Å². The van der Waals surface area contributed by atoms with Gasteiger partial charge in [-0.1, -0.05) is 0 Å². The molecule has 1 amide bonds. The number of H-pyrrole nitrogens is 1. The molecule has 0 radical (unpaired) electrons. The Morgan fingerprint density at radius 2 is 2.21 bits per heavy atom. The van der Waals surface area contributed by atoms with Gasteiger partial charge in [-0.25, -0.2) is 4.98 Å². The first-order chi connectivity index (χ1) is 6.72. The quantitative estimate of drug-likeness (QED) is 0.629. The van der Waals surface area contributed by atoms with Crippen LogP contribution in [0.3, 0.4) is 0 Å². The first kappa shape index (κ1) is 8.54. The first-order valence-corrected chi connectivity index (χ1v) is 4.00. The predicted octanol–water partition coefficient (Wildman–Crippen LogP) is -0.584. The van der Waals surface area contributed by atoms with E-state index in [0.717, 1.165) is 0 Å². The fraction of sp³-hybridized carbons (Fsp3) is 0.286. The highest BCUT2D eigenvalue weighted by Crippen LogP contribution is 2.09. The van der Waals surface area contributed by atoms with Crippen LogP contribution in [0, 0.1) is 6.92 Å². The molecule has 72 valence electrons. The molecule has 0 atom stereocenters. The van der Waals surface area contributed by atoms with Crippen molar-refractivity contribution >= 4 is 17.1 Å². The Morgan fingerprint density at radius 3 is 2.93 bits per heavy atom. The van der Waals surface area contributed by atoms with Gasteiger partial charge in [0.1, 0.15) is 11.3 Å². The van der Waals surface area contributed by atoms with Crippen molar-refractivity contribution in [1.82, 2.24) is 30.7 Å². The lowest BCUT2D eigenvalue weighted by Gasteiger charge is -1.96. The summed E-state index contributed by atoms with van der Waals surface area (Å²) in [7, 11) is 1.53. The molecular weight excluding hydrogens is 184 g/mol. The second-order valence-corrected chi connectivity index (χ2v) is 2.74. The van der Waals surface area contributed by atoms with E-state index in [2.05, 4.69) is 30.7 Å². The summed E-state index contributed by atoms with van der Waals surface area (Å²) in [6.07, 6.45) is 0. The average molecular weight is 192 g/mol. The van der Waals surface area contributed by atoms with Crippen molar-refractivity contribution in [3.05, 3.63) is 11.5 Å². The van der Waals surface area contributed by atoms with Crippen molar-refractivity contribution in [3.63, 3.8) is 0 Å². The molecule has 0 aliphatic rings. The van der Waals surface area contributed by atoms with Crippen molar-refractivity contribution < 1.29 is 4.79 Å². The largest absolute Gasteiger partial charge is 0.354 e. The Kier molecular flexibility index (Phi) is 1.84. The van der Waals surface area contributed by atoms with Gasteiger partial charge < -0.3 is 10.3 Å². The number of fused-ring (bicyclic) bond motifs is 1. The van der Waals surface area contributed by atoms with Crippen LogP contribution < -0.4 is 5.32 Å². The van der Waals surface area contributed by atoms with Gasteiger partial charge in [0, 0.05) is 7.05 Å². The first-order valence-electron chi connectivity index (χ1n) is 4.00. The van der Waals surface area contributed by atoms with Gasteiger partial charge in [0.05, 0.1) is 0 Å². The maximum Gasteiger partial charge on any atom is 0.273 e. The Hall–Kier alpha value is -2.05. The molecule has 0 saturated heterocycles. The van der Waals surface area contributed by atoms with E-state index in [0.29, 0.717) is 17.0 Å². The smallest absolute Gasteiger partial charge is 0.273 e. The molecule has 0 bridgehead atoms. The van der Waals surface area contributed by atoms with E-state index < -0.39 is 0 Å². The zero-order chi connectivity index (χ0) is 10.1. The van der Waals surface area contributed by atoms with Crippen LogP contribution in [-0.2, 0) is 0 Å². The molecule has 2 heterocycles. The van der Waals surface area contributed by atoms with E-state index in [1.54, 1.807) is 6.92 Å². The number of nitrogens with one attached hydrogen (secondary N) is 2. The zero-order valence-corrected chi connectivity index (χ0v) is 7.70. The molecule has 0 aromatic carbocycles. The summed E-state index contributed by atoms with van der Waals surface area (Å²) in [6, 6.07) is 0. The second-order valence-electron chi connectivity index (χ2n) is 2.74. The van der Waals surface area contributed by atoms with E-state index in [-0.39, 0.29) is 11.6 Å². The van der Waals surface area contributed by atoms with Gasteiger partial charge in [0.2, 0.25) is 5.65 Å². The molecule has 14 heavy (non-hydrogen) atoms. The van der Waals surface area contributed by atoms with Crippen LogP contribution in [0.5, 0.6) is 0 Å². The number of aromatic amines is 1. The van der Waals surface area contributed by atoms with Crippen molar-refractivity contribution in [2.75, 3.05) is 7.05 Å². The summed E-state index contributed by atoms with van der Waals surface area (Å²) >= 11 is 0. The number of amides is 1. The Balaban J connectivity index is 2.70. The van der Waals surface area contributed by atoms with Gasteiger partial charge in [-0.15, -0.1) is 10.2 Å². The molecule has 0 fully saturated rings. The van der Waals surface area contributed by atoms with Gasteiger partial charge in [-0.05, 0) is 12.1 Å². The van der Waals surface area contributed by atoms with E-state index in [1.165, 1.54) is 7.05 Å². The number of carbonyl (C=O) groups excluding carboxylic acids is 1. The summed E-state index contributed by atoms with van der Waals surface area (Å²) in [6.45, 7) is 1.77. The Labute approximate surface area is 78.9 Å². The van der Waals surface area contributed by atoms with E-state index in [4.69, 9.17) is 0 Å². The molecule has 7 heteroatoms. The maximum absolute atomic E-state index is 11.3. The van der Waals surface area contributed by atoms with Crippen LogP contribution in [0.4, 0.5) is 0 Å². The van der Waals surface area contributed by atoms with Crippen molar-refractivity contribution in [3.8, 4) is 0 Å². The minimum atomic E-state index is -0.312. The van der Waals surface area contributed by atoms with Crippen molar-refractivity contribution in [2.24, 2.45) is 0 Å². The average Bonchev–Trinajstić information content (AvgIpc) is 2.56. The van der Waals surface area contributed by atoms with Gasteiger partial charge in [0.15, 0.2) is 5.69 Å². The van der Waals surface area contributed by atoms with Gasteiger partial charge in [-0.2, -0.15) is 0 Å². The third kappa shape index (κ3) is 1.18. The van der Waals surface area contributed by atoms with Crippen LogP contribution in [-0.4, -0.2) is 38.3 Å². The molecule has 7 nitrogen and oxygen atoms in total. The van der Waals surface area contributed by atoms with E-state index in [1.807, 2.05) is 0 Å².